The van der Waals surface area contributed by atoms with Crippen LogP contribution in [0.3, 0.4) is 0 Å². The molecular weight excluding hydrogens is 357 g/mol. The Bertz CT molecular complexity index is 354. The Kier molecular flexibility index (Phi) is 8.28. The molecule has 0 aromatic rings. The van der Waals surface area contributed by atoms with Crippen LogP contribution in [0.2, 0.25) is 0 Å². The van der Waals surface area contributed by atoms with E-state index in [-0.39, 0.29) is 19.4 Å². The number of halogens is 4. The maximum atomic E-state index is 12.7. The van der Waals surface area contributed by atoms with Crippen molar-refractivity contribution in [1.29, 1.82) is 0 Å². The number of carbonyl (C=O) groups is 2. The van der Waals surface area contributed by atoms with E-state index in [0.717, 1.165) is 0 Å². The average Bonchev–Trinajstić information content (AvgIpc) is 2.42. The standard InChI is InChI=1S/C13H20BrF3O4/c1-4-7-20-10(18)12(5-2,6-3)11(19)21-9(8-14)13(15,16)17/h9H,4-8H2,1-3H3. The van der Waals surface area contributed by atoms with Gasteiger partial charge in [0, 0.05) is 5.33 Å². The van der Waals surface area contributed by atoms with E-state index in [1.54, 1.807) is 6.92 Å². The van der Waals surface area contributed by atoms with E-state index < -0.39 is 35.0 Å². The molecule has 1 unspecified atom stereocenters. The summed E-state index contributed by atoms with van der Waals surface area (Å²) in [5.41, 5.74) is -1.69. The third kappa shape index (κ3) is 5.16. The van der Waals surface area contributed by atoms with E-state index >= 15 is 0 Å². The summed E-state index contributed by atoms with van der Waals surface area (Å²) in [6, 6.07) is 0. The average molecular weight is 377 g/mol. The highest BCUT2D eigenvalue weighted by atomic mass is 79.9. The van der Waals surface area contributed by atoms with Gasteiger partial charge in [0.15, 0.2) is 5.41 Å². The summed E-state index contributed by atoms with van der Waals surface area (Å²) in [7, 11) is 0. The fourth-order valence-electron chi connectivity index (χ4n) is 1.67. The van der Waals surface area contributed by atoms with E-state index in [1.807, 2.05) is 0 Å². The second-order valence-electron chi connectivity index (χ2n) is 4.51. The Morgan fingerprint density at radius 3 is 1.95 bits per heavy atom. The first-order valence-electron chi connectivity index (χ1n) is 6.70. The van der Waals surface area contributed by atoms with Gasteiger partial charge >= 0.3 is 18.1 Å². The molecule has 0 heterocycles. The van der Waals surface area contributed by atoms with E-state index in [0.29, 0.717) is 6.42 Å². The van der Waals surface area contributed by atoms with Crippen LogP contribution < -0.4 is 0 Å². The molecule has 1 atom stereocenters. The molecule has 0 aliphatic rings. The maximum absolute atomic E-state index is 12.7. The van der Waals surface area contributed by atoms with Crippen molar-refractivity contribution in [2.75, 3.05) is 11.9 Å². The van der Waals surface area contributed by atoms with E-state index in [2.05, 4.69) is 20.7 Å². The molecule has 0 rings (SSSR count). The summed E-state index contributed by atoms with van der Waals surface area (Å²) >= 11 is 2.66. The number of rotatable bonds is 8. The summed E-state index contributed by atoms with van der Waals surface area (Å²) in [5.74, 6) is -2.04. The molecule has 8 heteroatoms. The molecule has 0 aromatic heterocycles. The third-order valence-corrected chi connectivity index (χ3v) is 3.77. The first-order valence-corrected chi connectivity index (χ1v) is 7.82. The number of carbonyl (C=O) groups excluding carboxylic acids is 2. The van der Waals surface area contributed by atoms with Crippen molar-refractivity contribution in [3.05, 3.63) is 0 Å². The molecule has 0 aliphatic carbocycles. The lowest BCUT2D eigenvalue weighted by Gasteiger charge is -2.29. The Morgan fingerprint density at radius 1 is 1.10 bits per heavy atom. The fourth-order valence-corrected chi connectivity index (χ4v) is 2.17. The van der Waals surface area contributed by atoms with E-state index in [4.69, 9.17) is 4.74 Å². The minimum atomic E-state index is -4.69. The molecule has 21 heavy (non-hydrogen) atoms. The van der Waals surface area contributed by atoms with Crippen molar-refractivity contribution in [2.24, 2.45) is 5.41 Å². The molecule has 0 spiro atoms. The normalized spacial score (nSPS) is 13.7. The Balaban J connectivity index is 5.19. The van der Waals surface area contributed by atoms with Crippen molar-refractivity contribution in [1.82, 2.24) is 0 Å². The summed E-state index contributed by atoms with van der Waals surface area (Å²) in [5, 5.41) is -0.588. The van der Waals surface area contributed by atoms with Crippen LogP contribution in [0.1, 0.15) is 40.0 Å². The van der Waals surface area contributed by atoms with Crippen LogP contribution >= 0.6 is 15.9 Å². The Labute approximate surface area is 130 Å². The highest BCUT2D eigenvalue weighted by Crippen LogP contribution is 2.33. The topological polar surface area (TPSA) is 52.6 Å². The second-order valence-corrected chi connectivity index (χ2v) is 5.16. The van der Waals surface area contributed by atoms with Gasteiger partial charge in [-0.3, -0.25) is 9.59 Å². The van der Waals surface area contributed by atoms with Crippen LogP contribution in [-0.2, 0) is 19.1 Å². The quantitative estimate of drug-likeness (QED) is 0.368. The summed E-state index contributed by atoms with van der Waals surface area (Å²) in [6.07, 6.45) is -6.41. The third-order valence-electron chi connectivity index (χ3n) is 3.18. The molecule has 0 saturated carbocycles. The number of esters is 2. The van der Waals surface area contributed by atoms with Gasteiger partial charge in [-0.1, -0.05) is 36.7 Å². The monoisotopic (exact) mass is 376 g/mol. The first-order chi connectivity index (χ1) is 9.69. The highest BCUT2D eigenvalue weighted by Gasteiger charge is 2.50. The fraction of sp³-hybridized carbons (Fsp3) is 0.846. The predicted molar refractivity (Wildman–Crippen MR) is 74.0 cm³/mol. The van der Waals surface area contributed by atoms with Crippen molar-refractivity contribution in [3.63, 3.8) is 0 Å². The van der Waals surface area contributed by atoms with Crippen LogP contribution in [0, 0.1) is 5.41 Å². The molecule has 0 aliphatic heterocycles. The highest BCUT2D eigenvalue weighted by molar-refractivity contribution is 9.09. The number of ether oxygens (including phenoxy) is 2. The number of hydrogen-bond donors (Lipinski definition) is 0. The molecule has 0 bridgehead atoms. The SMILES string of the molecule is CCCOC(=O)C(CC)(CC)C(=O)OC(CBr)C(F)(F)F. The maximum Gasteiger partial charge on any atom is 0.426 e. The van der Waals surface area contributed by atoms with Gasteiger partial charge < -0.3 is 9.47 Å². The summed E-state index contributed by atoms with van der Waals surface area (Å²) < 4.78 is 47.4. The van der Waals surface area contributed by atoms with Gasteiger partial charge in [-0.2, -0.15) is 13.2 Å². The molecule has 124 valence electrons. The van der Waals surface area contributed by atoms with Gasteiger partial charge in [0.2, 0.25) is 6.10 Å². The smallest absolute Gasteiger partial charge is 0.426 e. The van der Waals surface area contributed by atoms with Crippen LogP contribution in [0.4, 0.5) is 13.2 Å². The summed E-state index contributed by atoms with van der Waals surface area (Å²) in [6.45, 7) is 4.95. The van der Waals surface area contributed by atoms with Gasteiger partial charge in [0.05, 0.1) is 6.61 Å². The zero-order valence-corrected chi connectivity index (χ0v) is 13.8. The zero-order valence-electron chi connectivity index (χ0n) is 12.3. The second kappa shape index (κ2) is 8.60. The van der Waals surface area contributed by atoms with E-state index in [9.17, 15) is 22.8 Å². The molecule has 0 amide bonds. The van der Waals surface area contributed by atoms with Gasteiger partial charge in [0.1, 0.15) is 0 Å². The Morgan fingerprint density at radius 2 is 1.62 bits per heavy atom. The zero-order chi connectivity index (χ0) is 16.7. The van der Waals surface area contributed by atoms with Gasteiger partial charge in [-0.05, 0) is 19.3 Å². The minimum Gasteiger partial charge on any atom is -0.465 e. The summed E-state index contributed by atoms with van der Waals surface area (Å²) in [4.78, 5) is 24.1. The van der Waals surface area contributed by atoms with Crippen LogP contribution in [-0.4, -0.2) is 36.2 Å². The van der Waals surface area contributed by atoms with E-state index in [1.165, 1.54) is 13.8 Å². The molecule has 0 aromatic carbocycles. The lowest BCUT2D eigenvalue weighted by molar-refractivity contribution is -0.222. The van der Waals surface area contributed by atoms with Crippen molar-refractivity contribution < 1.29 is 32.2 Å². The number of alkyl halides is 4. The van der Waals surface area contributed by atoms with Gasteiger partial charge in [0.25, 0.3) is 0 Å². The van der Waals surface area contributed by atoms with Crippen molar-refractivity contribution in [2.45, 2.75) is 52.3 Å². The number of hydrogen-bond acceptors (Lipinski definition) is 4. The molecule has 0 N–H and O–H groups in total. The van der Waals surface area contributed by atoms with Crippen LogP contribution in [0.15, 0.2) is 0 Å². The molecule has 0 fully saturated rings. The van der Waals surface area contributed by atoms with Crippen LogP contribution in [0.5, 0.6) is 0 Å². The predicted octanol–water partition coefficient (Wildman–Crippen LogP) is 3.62. The van der Waals surface area contributed by atoms with Gasteiger partial charge in [-0.25, -0.2) is 0 Å². The van der Waals surface area contributed by atoms with Crippen molar-refractivity contribution in [3.8, 4) is 0 Å². The molecule has 0 radical (unpaired) electrons. The van der Waals surface area contributed by atoms with Crippen LogP contribution in [0.25, 0.3) is 0 Å². The molecule has 4 nitrogen and oxygen atoms in total. The lowest BCUT2D eigenvalue weighted by Crippen LogP contribution is -2.45. The molecular formula is C13H20BrF3O4. The van der Waals surface area contributed by atoms with Gasteiger partial charge in [-0.15, -0.1) is 0 Å². The molecule has 0 saturated heterocycles. The first kappa shape index (κ1) is 20.2. The Hall–Kier alpha value is -0.790. The van der Waals surface area contributed by atoms with Crippen molar-refractivity contribution >= 4 is 27.9 Å². The lowest BCUT2D eigenvalue weighted by atomic mass is 9.82. The largest absolute Gasteiger partial charge is 0.465 e. The minimum absolute atomic E-state index is 0.0117.